The van der Waals surface area contributed by atoms with Crippen LogP contribution >= 0.6 is 0 Å². The molecule has 2 aromatic carbocycles. The summed E-state index contributed by atoms with van der Waals surface area (Å²) in [7, 11) is 1.62. The second-order valence-corrected chi connectivity index (χ2v) is 5.00. The Morgan fingerprint density at radius 2 is 2.04 bits per heavy atom. The number of rotatable bonds is 6. The van der Waals surface area contributed by atoms with Gasteiger partial charge in [0.1, 0.15) is 5.82 Å². The lowest BCUT2D eigenvalue weighted by Crippen LogP contribution is -2.26. The first-order chi connectivity index (χ1) is 11.6. The number of nitrogens with two attached hydrogens (primary N) is 1. The van der Waals surface area contributed by atoms with Gasteiger partial charge < -0.3 is 21.1 Å². The van der Waals surface area contributed by atoms with Crippen LogP contribution in [-0.4, -0.2) is 37.6 Å². The summed E-state index contributed by atoms with van der Waals surface area (Å²) in [6, 6.07) is 10.6. The van der Waals surface area contributed by atoms with Gasteiger partial charge in [-0.1, -0.05) is 0 Å². The third-order valence-electron chi connectivity index (χ3n) is 3.41. The molecule has 2 rings (SSSR count). The molecule has 0 aromatic heterocycles. The molecule has 0 saturated carbocycles. The number of halogens is 1. The lowest BCUT2D eigenvalue weighted by Gasteiger charge is -2.19. The van der Waals surface area contributed by atoms with E-state index in [0.717, 1.165) is 6.34 Å². The minimum absolute atomic E-state index is 0.0174. The number of aliphatic hydroxyl groups is 1. The summed E-state index contributed by atoms with van der Waals surface area (Å²) in [6.45, 7) is 0.354. The van der Waals surface area contributed by atoms with Gasteiger partial charge in [-0.25, -0.2) is 9.38 Å². The molecule has 0 fully saturated rings. The van der Waals surface area contributed by atoms with E-state index in [1.165, 1.54) is 29.2 Å². The van der Waals surface area contributed by atoms with Gasteiger partial charge >= 0.3 is 0 Å². The second-order valence-electron chi connectivity index (χ2n) is 5.00. The van der Waals surface area contributed by atoms with Crippen molar-refractivity contribution in [3.8, 4) is 0 Å². The third kappa shape index (κ3) is 4.08. The number of amides is 1. The molecule has 4 N–H and O–H groups in total. The van der Waals surface area contributed by atoms with Crippen molar-refractivity contribution < 1.29 is 14.3 Å². The molecule has 0 atom stereocenters. The highest BCUT2D eigenvalue weighted by Crippen LogP contribution is 2.30. The Morgan fingerprint density at radius 3 is 2.67 bits per heavy atom. The molecule has 6 nitrogen and oxygen atoms in total. The number of nitrogens with zero attached hydrogens (tertiary/aromatic N) is 2. The van der Waals surface area contributed by atoms with Crippen LogP contribution in [0, 0.1) is 5.82 Å². The number of aliphatic imine (C=N–C) groups is 1. The molecule has 7 heteroatoms. The van der Waals surface area contributed by atoms with E-state index in [1.54, 1.807) is 25.2 Å². The van der Waals surface area contributed by atoms with Crippen LogP contribution in [0.5, 0.6) is 0 Å². The molecule has 2 aromatic rings. The topological polar surface area (TPSA) is 91.0 Å². The van der Waals surface area contributed by atoms with Gasteiger partial charge in [0, 0.05) is 24.8 Å². The van der Waals surface area contributed by atoms with Gasteiger partial charge in [0.25, 0.3) is 5.91 Å². The third-order valence-corrected chi connectivity index (χ3v) is 3.41. The normalized spacial score (nSPS) is 10.8. The van der Waals surface area contributed by atoms with E-state index in [0.29, 0.717) is 29.2 Å². The van der Waals surface area contributed by atoms with Crippen LogP contribution in [0.4, 0.5) is 21.5 Å². The first-order valence-corrected chi connectivity index (χ1v) is 7.33. The Balaban J connectivity index is 2.28. The van der Waals surface area contributed by atoms with Gasteiger partial charge in [-0.15, -0.1) is 0 Å². The molecule has 0 saturated heterocycles. The van der Waals surface area contributed by atoms with Crippen LogP contribution in [0.25, 0.3) is 0 Å². The van der Waals surface area contributed by atoms with Crippen LogP contribution in [0.1, 0.15) is 10.4 Å². The molecule has 0 aliphatic heterocycles. The number of aliphatic hydroxyl groups excluding tert-OH is 1. The van der Waals surface area contributed by atoms with Crippen LogP contribution in [0.2, 0.25) is 0 Å². The van der Waals surface area contributed by atoms with Crippen LogP contribution in [-0.2, 0) is 0 Å². The predicted molar refractivity (Wildman–Crippen MR) is 93.5 cm³/mol. The van der Waals surface area contributed by atoms with Crippen molar-refractivity contribution in [1.29, 1.82) is 0 Å². The summed E-state index contributed by atoms with van der Waals surface area (Å²) in [5.74, 6) is -0.665. The molecule has 0 heterocycles. The Kier molecular flexibility index (Phi) is 5.86. The van der Waals surface area contributed by atoms with Crippen LogP contribution in [0.3, 0.4) is 0 Å². The summed E-state index contributed by atoms with van der Waals surface area (Å²) in [5, 5.41) is 11.9. The zero-order chi connectivity index (χ0) is 17.5. The number of hydrogen-bond acceptors (Lipinski definition) is 4. The highest BCUT2D eigenvalue weighted by atomic mass is 19.1. The number of benzene rings is 2. The van der Waals surface area contributed by atoms with E-state index >= 15 is 0 Å². The second kappa shape index (κ2) is 8.07. The monoisotopic (exact) mass is 330 g/mol. The molecule has 0 aliphatic carbocycles. The standard InChI is InChI=1S/C17H19FN4O2/c1-22(17(24)12-2-4-13(18)5-3-12)14-6-7-15(20-8-9-23)16(10-14)21-11-19/h2-7,10-11,20,23H,8-9H2,1H3,(H2,19,21). The van der Waals surface area contributed by atoms with Crippen molar-refractivity contribution >= 4 is 29.3 Å². The minimum atomic E-state index is -0.395. The Bertz CT molecular complexity index is 732. The van der Waals surface area contributed by atoms with E-state index in [9.17, 15) is 9.18 Å². The molecule has 24 heavy (non-hydrogen) atoms. The lowest BCUT2D eigenvalue weighted by molar-refractivity contribution is 0.0993. The number of carbonyl (C=O) groups excluding carboxylic acids is 1. The van der Waals surface area contributed by atoms with Crippen molar-refractivity contribution in [3.63, 3.8) is 0 Å². The fourth-order valence-corrected chi connectivity index (χ4v) is 2.16. The smallest absolute Gasteiger partial charge is 0.258 e. The number of anilines is 2. The molecular weight excluding hydrogens is 311 g/mol. The van der Waals surface area contributed by atoms with Crippen molar-refractivity contribution in [2.45, 2.75) is 0 Å². The number of carbonyl (C=O) groups is 1. The largest absolute Gasteiger partial charge is 0.395 e. The summed E-state index contributed by atoms with van der Waals surface area (Å²) in [4.78, 5) is 18.0. The molecular formula is C17H19FN4O2. The Hall–Kier alpha value is -2.93. The van der Waals surface area contributed by atoms with Gasteiger partial charge in [-0.3, -0.25) is 4.79 Å². The lowest BCUT2D eigenvalue weighted by atomic mass is 10.1. The fraction of sp³-hybridized carbons (Fsp3) is 0.176. The quantitative estimate of drug-likeness (QED) is 0.559. The fourth-order valence-electron chi connectivity index (χ4n) is 2.16. The summed E-state index contributed by atoms with van der Waals surface area (Å²) in [5.41, 5.74) is 7.59. The van der Waals surface area contributed by atoms with E-state index < -0.39 is 5.82 Å². The van der Waals surface area contributed by atoms with Crippen molar-refractivity contribution in [2.24, 2.45) is 10.7 Å². The molecule has 0 spiro atoms. The first-order valence-electron chi connectivity index (χ1n) is 7.33. The van der Waals surface area contributed by atoms with Crippen molar-refractivity contribution in [1.82, 2.24) is 0 Å². The van der Waals surface area contributed by atoms with Crippen molar-refractivity contribution in [2.75, 3.05) is 30.4 Å². The Labute approximate surface area is 139 Å². The van der Waals surface area contributed by atoms with Crippen LogP contribution < -0.4 is 16.0 Å². The summed E-state index contributed by atoms with van der Waals surface area (Å²) in [6.07, 6.45) is 1.16. The van der Waals surface area contributed by atoms with Gasteiger partial charge in [-0.2, -0.15) is 0 Å². The van der Waals surface area contributed by atoms with Gasteiger partial charge in [0.2, 0.25) is 0 Å². The zero-order valence-electron chi connectivity index (χ0n) is 13.2. The van der Waals surface area contributed by atoms with E-state index in [-0.39, 0.29) is 12.5 Å². The number of nitrogens with one attached hydrogen (secondary N) is 1. The molecule has 0 unspecified atom stereocenters. The zero-order valence-corrected chi connectivity index (χ0v) is 13.2. The van der Waals surface area contributed by atoms with E-state index in [1.807, 2.05) is 0 Å². The molecule has 0 aliphatic rings. The SMILES string of the molecule is CN(C(=O)c1ccc(F)cc1)c1ccc(NCCO)c(N=CN)c1. The average molecular weight is 330 g/mol. The first kappa shape index (κ1) is 17.4. The van der Waals surface area contributed by atoms with Crippen molar-refractivity contribution in [3.05, 3.63) is 53.8 Å². The molecule has 126 valence electrons. The molecule has 0 radical (unpaired) electrons. The van der Waals surface area contributed by atoms with E-state index in [4.69, 9.17) is 10.8 Å². The maximum Gasteiger partial charge on any atom is 0.258 e. The van der Waals surface area contributed by atoms with E-state index in [2.05, 4.69) is 10.3 Å². The number of hydrogen-bond donors (Lipinski definition) is 3. The van der Waals surface area contributed by atoms with Gasteiger partial charge in [-0.05, 0) is 42.5 Å². The highest BCUT2D eigenvalue weighted by Gasteiger charge is 2.15. The predicted octanol–water partition coefficient (Wildman–Crippen LogP) is 2.12. The summed E-state index contributed by atoms with van der Waals surface area (Å²) >= 11 is 0. The minimum Gasteiger partial charge on any atom is -0.395 e. The Morgan fingerprint density at radius 1 is 1.33 bits per heavy atom. The molecule has 0 bridgehead atoms. The highest BCUT2D eigenvalue weighted by molar-refractivity contribution is 6.06. The van der Waals surface area contributed by atoms with Gasteiger partial charge in [0.15, 0.2) is 0 Å². The molecule has 1 amide bonds. The maximum absolute atomic E-state index is 13.0. The maximum atomic E-state index is 13.0. The van der Waals surface area contributed by atoms with Crippen LogP contribution in [0.15, 0.2) is 47.5 Å². The summed E-state index contributed by atoms with van der Waals surface area (Å²) < 4.78 is 13.0. The van der Waals surface area contributed by atoms with Gasteiger partial charge in [0.05, 0.1) is 24.3 Å². The average Bonchev–Trinajstić information content (AvgIpc) is 2.60.